The molecule has 0 unspecified atom stereocenters. The second-order valence-electron chi connectivity index (χ2n) is 3.85. The minimum absolute atomic E-state index is 0.0246. The fourth-order valence-electron chi connectivity index (χ4n) is 1.70. The fourth-order valence-corrected chi connectivity index (χ4v) is 1.70. The molecule has 0 atom stereocenters. The van der Waals surface area contributed by atoms with Gasteiger partial charge in [0, 0.05) is 29.3 Å². The molecule has 0 bridgehead atoms. The van der Waals surface area contributed by atoms with Crippen molar-refractivity contribution < 1.29 is 14.8 Å². The van der Waals surface area contributed by atoms with E-state index in [0.29, 0.717) is 5.52 Å². The van der Waals surface area contributed by atoms with Crippen molar-refractivity contribution >= 4 is 22.6 Å². The van der Waals surface area contributed by atoms with Crippen molar-refractivity contribution in [1.82, 2.24) is 4.57 Å². The molecule has 1 N–H and O–H groups in total. The van der Waals surface area contributed by atoms with E-state index in [1.165, 1.54) is 12.1 Å². The van der Waals surface area contributed by atoms with Gasteiger partial charge < -0.3 is 9.67 Å². The lowest BCUT2D eigenvalue weighted by Gasteiger charge is -2.04. The Morgan fingerprint density at radius 1 is 1.44 bits per heavy atom. The van der Waals surface area contributed by atoms with E-state index in [-0.39, 0.29) is 17.8 Å². The maximum Gasteiger partial charge on any atom is 0.332 e. The number of non-ortho nitro benzene ring substituents is 1. The number of nitro groups is 1. The number of aliphatic carboxylic acids is 1. The summed E-state index contributed by atoms with van der Waals surface area (Å²) < 4.78 is 1.62. The molecule has 0 radical (unpaired) electrons. The molecule has 0 spiro atoms. The standard InChI is InChI=1S/C12H10N2O4/c1-8(12(15)16)7-13-5-4-9-2-3-10(14(17)18)6-11(9)13/h2-6H,1,7H2,(H,15,16). The van der Waals surface area contributed by atoms with Crippen molar-refractivity contribution in [2.24, 2.45) is 0 Å². The molecule has 0 aliphatic rings. The maximum atomic E-state index is 10.7. The number of nitro benzene ring substituents is 1. The topological polar surface area (TPSA) is 85.4 Å². The minimum Gasteiger partial charge on any atom is -0.478 e. The number of fused-ring (bicyclic) bond motifs is 1. The van der Waals surface area contributed by atoms with Crippen molar-refractivity contribution in [3.05, 3.63) is 52.7 Å². The molecule has 6 heteroatoms. The Morgan fingerprint density at radius 2 is 2.17 bits per heavy atom. The van der Waals surface area contributed by atoms with Crippen molar-refractivity contribution in [2.45, 2.75) is 6.54 Å². The fraction of sp³-hybridized carbons (Fsp3) is 0.0833. The van der Waals surface area contributed by atoms with Crippen LogP contribution in [-0.2, 0) is 11.3 Å². The number of hydrogen-bond acceptors (Lipinski definition) is 3. The largest absolute Gasteiger partial charge is 0.478 e. The summed E-state index contributed by atoms with van der Waals surface area (Å²) in [6.45, 7) is 3.54. The zero-order valence-electron chi connectivity index (χ0n) is 9.37. The zero-order chi connectivity index (χ0) is 13.3. The van der Waals surface area contributed by atoms with Gasteiger partial charge in [0.05, 0.1) is 17.0 Å². The van der Waals surface area contributed by atoms with Gasteiger partial charge in [0.2, 0.25) is 0 Å². The molecule has 6 nitrogen and oxygen atoms in total. The van der Waals surface area contributed by atoms with Crippen LogP contribution < -0.4 is 0 Å². The van der Waals surface area contributed by atoms with Crippen LogP contribution in [0.4, 0.5) is 5.69 Å². The normalized spacial score (nSPS) is 10.4. The molecule has 2 aromatic rings. The summed E-state index contributed by atoms with van der Waals surface area (Å²) in [7, 11) is 0. The predicted octanol–water partition coefficient (Wildman–Crippen LogP) is 2.19. The van der Waals surface area contributed by atoms with Crippen LogP contribution in [0.3, 0.4) is 0 Å². The molecule has 0 amide bonds. The highest BCUT2D eigenvalue weighted by molar-refractivity contribution is 5.87. The van der Waals surface area contributed by atoms with Crippen LogP contribution in [0.5, 0.6) is 0 Å². The van der Waals surface area contributed by atoms with E-state index in [4.69, 9.17) is 5.11 Å². The number of carboxylic acid groups (broad SMARTS) is 1. The van der Waals surface area contributed by atoms with E-state index >= 15 is 0 Å². The summed E-state index contributed by atoms with van der Waals surface area (Å²) in [6, 6.07) is 6.24. The Balaban J connectivity index is 2.45. The van der Waals surface area contributed by atoms with Gasteiger partial charge in [-0.2, -0.15) is 0 Å². The first-order valence-electron chi connectivity index (χ1n) is 5.13. The highest BCUT2D eigenvalue weighted by Gasteiger charge is 2.11. The van der Waals surface area contributed by atoms with E-state index in [1.807, 2.05) is 0 Å². The molecule has 1 aromatic heterocycles. The molecule has 0 aliphatic heterocycles. The first-order valence-corrected chi connectivity index (χ1v) is 5.13. The minimum atomic E-state index is -1.08. The van der Waals surface area contributed by atoms with E-state index < -0.39 is 10.9 Å². The lowest BCUT2D eigenvalue weighted by atomic mass is 10.2. The molecule has 0 fully saturated rings. The van der Waals surface area contributed by atoms with Gasteiger partial charge in [0.1, 0.15) is 0 Å². The Labute approximate surface area is 102 Å². The molecule has 0 aliphatic carbocycles. The van der Waals surface area contributed by atoms with Crippen LogP contribution >= 0.6 is 0 Å². The van der Waals surface area contributed by atoms with E-state index in [9.17, 15) is 14.9 Å². The third-order valence-corrected chi connectivity index (χ3v) is 2.63. The lowest BCUT2D eigenvalue weighted by Crippen LogP contribution is -2.07. The van der Waals surface area contributed by atoms with Crippen molar-refractivity contribution in [3.63, 3.8) is 0 Å². The van der Waals surface area contributed by atoms with Gasteiger partial charge in [-0.25, -0.2) is 4.79 Å². The molecule has 18 heavy (non-hydrogen) atoms. The number of benzene rings is 1. The number of carboxylic acids is 1. The third kappa shape index (κ3) is 2.08. The van der Waals surface area contributed by atoms with Gasteiger partial charge in [0.15, 0.2) is 0 Å². The van der Waals surface area contributed by atoms with E-state index in [2.05, 4.69) is 6.58 Å². The molecule has 0 saturated heterocycles. The Kier molecular flexibility index (Phi) is 2.85. The molecule has 92 valence electrons. The van der Waals surface area contributed by atoms with Gasteiger partial charge in [-0.1, -0.05) is 6.58 Å². The first kappa shape index (κ1) is 11.8. The van der Waals surface area contributed by atoms with Gasteiger partial charge in [-0.3, -0.25) is 10.1 Å². The molecule has 1 aromatic carbocycles. The average molecular weight is 246 g/mol. The first-order chi connectivity index (χ1) is 8.49. The van der Waals surface area contributed by atoms with E-state index in [1.54, 1.807) is 22.9 Å². The van der Waals surface area contributed by atoms with Crippen LogP contribution in [-0.4, -0.2) is 20.6 Å². The summed E-state index contributed by atoms with van der Waals surface area (Å²) in [5, 5.41) is 20.3. The second-order valence-corrected chi connectivity index (χ2v) is 3.85. The second kappa shape index (κ2) is 4.33. The summed E-state index contributed by atoms with van der Waals surface area (Å²) in [5.41, 5.74) is 0.619. The Hall–Kier alpha value is -2.63. The summed E-state index contributed by atoms with van der Waals surface area (Å²) >= 11 is 0. The number of nitrogens with zero attached hydrogens (tertiary/aromatic N) is 2. The maximum absolute atomic E-state index is 10.7. The van der Waals surface area contributed by atoms with Gasteiger partial charge in [0.25, 0.3) is 5.69 Å². The van der Waals surface area contributed by atoms with Crippen molar-refractivity contribution in [2.75, 3.05) is 0 Å². The molecule has 0 saturated carbocycles. The van der Waals surface area contributed by atoms with Crippen LogP contribution in [0.2, 0.25) is 0 Å². The Bertz CT molecular complexity index is 657. The molecular formula is C12H10N2O4. The zero-order valence-corrected chi connectivity index (χ0v) is 9.37. The number of rotatable bonds is 4. The van der Waals surface area contributed by atoms with Crippen LogP contribution in [0.15, 0.2) is 42.6 Å². The quantitative estimate of drug-likeness (QED) is 0.509. The van der Waals surface area contributed by atoms with Crippen LogP contribution in [0, 0.1) is 10.1 Å². The molecule has 1 heterocycles. The monoisotopic (exact) mass is 246 g/mol. The van der Waals surface area contributed by atoms with Gasteiger partial charge in [-0.05, 0) is 12.1 Å². The van der Waals surface area contributed by atoms with Crippen LogP contribution in [0.1, 0.15) is 0 Å². The summed E-state index contributed by atoms with van der Waals surface area (Å²) in [4.78, 5) is 20.9. The highest BCUT2D eigenvalue weighted by Crippen LogP contribution is 2.22. The summed E-state index contributed by atoms with van der Waals surface area (Å²) in [6.07, 6.45) is 1.68. The number of hydrogen-bond donors (Lipinski definition) is 1. The van der Waals surface area contributed by atoms with E-state index in [0.717, 1.165) is 5.39 Å². The van der Waals surface area contributed by atoms with Crippen molar-refractivity contribution in [3.8, 4) is 0 Å². The average Bonchev–Trinajstić information content (AvgIpc) is 2.71. The van der Waals surface area contributed by atoms with Crippen molar-refractivity contribution in [1.29, 1.82) is 0 Å². The predicted molar refractivity (Wildman–Crippen MR) is 65.4 cm³/mol. The smallest absolute Gasteiger partial charge is 0.332 e. The van der Waals surface area contributed by atoms with Crippen LogP contribution in [0.25, 0.3) is 10.9 Å². The third-order valence-electron chi connectivity index (χ3n) is 2.63. The number of aromatic nitrogens is 1. The molecule has 2 rings (SSSR count). The molecular weight excluding hydrogens is 236 g/mol. The highest BCUT2D eigenvalue weighted by atomic mass is 16.6. The summed E-state index contributed by atoms with van der Waals surface area (Å²) in [5.74, 6) is -1.08. The Morgan fingerprint density at radius 3 is 2.78 bits per heavy atom. The van der Waals surface area contributed by atoms with Gasteiger partial charge in [-0.15, -0.1) is 0 Å². The lowest BCUT2D eigenvalue weighted by molar-refractivity contribution is -0.384. The van der Waals surface area contributed by atoms with Gasteiger partial charge >= 0.3 is 5.97 Å². The number of carbonyl (C=O) groups is 1. The SMILES string of the molecule is C=C(Cn1ccc2ccc([N+](=O)[O-])cc21)C(=O)O.